The number of allylic oxidation sites excluding steroid dienone is 2. The second-order valence-electron chi connectivity index (χ2n) is 13.3. The number of ether oxygens (including phenoxy) is 1. The Hall–Kier alpha value is -2.51. The molecule has 1 atom stereocenters. The lowest BCUT2D eigenvalue weighted by molar-refractivity contribution is -0.276. The van der Waals surface area contributed by atoms with Gasteiger partial charge >= 0.3 is 6.36 Å². The first-order chi connectivity index (χ1) is 21.0. The van der Waals surface area contributed by atoms with Gasteiger partial charge in [0.2, 0.25) is 5.75 Å². The van der Waals surface area contributed by atoms with Gasteiger partial charge in [-0.1, -0.05) is 51.5 Å². The van der Waals surface area contributed by atoms with E-state index in [0.29, 0.717) is 23.5 Å². The topological polar surface area (TPSA) is 9.23 Å². The summed E-state index contributed by atoms with van der Waals surface area (Å²) >= 11 is 0. The van der Waals surface area contributed by atoms with Crippen LogP contribution in [0.2, 0.25) is 0 Å². The maximum atomic E-state index is 15.4. The monoisotopic (exact) mass is 624 g/mol. The van der Waals surface area contributed by atoms with Crippen molar-refractivity contribution < 1.29 is 35.5 Å². The molecule has 242 valence electrons. The third-order valence-electron chi connectivity index (χ3n) is 10.5. The normalized spacial score (nSPS) is 26.4. The molecule has 0 heterocycles. The summed E-state index contributed by atoms with van der Waals surface area (Å²) in [5, 5.41) is 0. The van der Waals surface area contributed by atoms with Gasteiger partial charge in [0.05, 0.1) is 0 Å². The zero-order valence-corrected chi connectivity index (χ0v) is 25.4. The van der Waals surface area contributed by atoms with Gasteiger partial charge < -0.3 is 4.74 Å². The number of unbranched alkanes of at least 4 members (excludes halogenated alkanes) is 2. The predicted octanol–water partition coefficient (Wildman–Crippen LogP) is 12.2. The van der Waals surface area contributed by atoms with Crippen LogP contribution < -0.4 is 4.74 Å². The number of benzene rings is 2. The Labute approximate surface area is 256 Å². The Morgan fingerprint density at radius 3 is 1.75 bits per heavy atom. The molecule has 2 aromatic rings. The third-order valence-corrected chi connectivity index (χ3v) is 10.5. The lowest BCUT2D eigenvalue weighted by Gasteiger charge is -2.38. The van der Waals surface area contributed by atoms with Crippen molar-refractivity contribution >= 4 is 5.57 Å². The molecule has 0 bridgehead atoms. The van der Waals surface area contributed by atoms with Gasteiger partial charge in [-0.05, 0) is 128 Å². The fraction of sp³-hybridized carbons (Fsp3) is 0.611. The molecule has 1 unspecified atom stereocenters. The average Bonchev–Trinajstić information content (AvgIpc) is 2.99. The highest BCUT2D eigenvalue weighted by Crippen LogP contribution is 2.46. The molecule has 2 fully saturated rings. The Balaban J connectivity index is 1.17. The zero-order chi connectivity index (χ0) is 31.4. The summed E-state index contributed by atoms with van der Waals surface area (Å²) in [6.45, 7) is 2.25. The van der Waals surface area contributed by atoms with Gasteiger partial charge in [-0.3, -0.25) is 0 Å². The van der Waals surface area contributed by atoms with Gasteiger partial charge in [0.25, 0.3) is 0 Å². The molecule has 0 aliphatic heterocycles. The summed E-state index contributed by atoms with van der Waals surface area (Å²) in [5.74, 6) is -3.44. The van der Waals surface area contributed by atoms with Crippen molar-refractivity contribution in [3.05, 3.63) is 70.3 Å². The lowest BCUT2D eigenvalue weighted by atomic mass is 9.68. The van der Waals surface area contributed by atoms with Gasteiger partial charge in [0, 0.05) is 5.56 Å². The van der Waals surface area contributed by atoms with E-state index in [1.807, 2.05) is 0 Å². The van der Waals surface area contributed by atoms with Crippen LogP contribution in [0, 0.1) is 41.0 Å². The molecule has 0 N–H and O–H groups in total. The molecule has 2 saturated carbocycles. The molecule has 3 aliphatic rings. The van der Waals surface area contributed by atoms with Crippen LogP contribution in [0.25, 0.3) is 5.57 Å². The zero-order valence-electron chi connectivity index (χ0n) is 25.4. The second-order valence-corrected chi connectivity index (χ2v) is 13.3. The molecule has 8 heteroatoms. The van der Waals surface area contributed by atoms with Crippen molar-refractivity contribution in [3.8, 4) is 5.75 Å². The SMILES string of the molecule is CCCCCC1CCC(C2CCC(c3cc(F)c(C4=CCC(c5cc(F)c(OC(F)(F)F)c(F)c5)CC4)c(F)c3)CC2)CC1. The molecule has 0 amide bonds. The number of hydrogen-bond donors (Lipinski definition) is 0. The van der Waals surface area contributed by atoms with Crippen molar-refractivity contribution in [1.29, 1.82) is 0 Å². The molecule has 0 spiro atoms. The smallest absolute Gasteiger partial charge is 0.399 e. The van der Waals surface area contributed by atoms with E-state index in [1.165, 1.54) is 63.5 Å². The number of hydrogen-bond acceptors (Lipinski definition) is 1. The molecule has 0 radical (unpaired) electrons. The van der Waals surface area contributed by atoms with E-state index in [-0.39, 0.29) is 29.9 Å². The summed E-state index contributed by atoms with van der Waals surface area (Å²) in [7, 11) is 0. The minimum atomic E-state index is -5.22. The van der Waals surface area contributed by atoms with Crippen LogP contribution >= 0.6 is 0 Å². The van der Waals surface area contributed by atoms with E-state index in [9.17, 15) is 22.0 Å². The maximum Gasteiger partial charge on any atom is 0.573 e. The fourth-order valence-electron chi connectivity index (χ4n) is 8.08. The van der Waals surface area contributed by atoms with Crippen LogP contribution in [0.5, 0.6) is 5.75 Å². The average molecular weight is 625 g/mol. The first-order valence-corrected chi connectivity index (χ1v) is 16.4. The van der Waals surface area contributed by atoms with Gasteiger partial charge in [0.1, 0.15) is 11.6 Å². The van der Waals surface area contributed by atoms with Gasteiger partial charge in [0.15, 0.2) is 11.6 Å². The molecular formula is C36H43F7O. The quantitative estimate of drug-likeness (QED) is 0.199. The molecule has 44 heavy (non-hydrogen) atoms. The highest BCUT2D eigenvalue weighted by Gasteiger charge is 2.35. The van der Waals surface area contributed by atoms with Crippen molar-refractivity contribution in [2.24, 2.45) is 17.8 Å². The minimum absolute atomic E-state index is 0.0668. The van der Waals surface area contributed by atoms with E-state index in [2.05, 4.69) is 11.7 Å². The van der Waals surface area contributed by atoms with Crippen LogP contribution in [-0.4, -0.2) is 6.36 Å². The van der Waals surface area contributed by atoms with E-state index < -0.39 is 41.3 Å². The maximum absolute atomic E-state index is 15.4. The molecular weight excluding hydrogens is 581 g/mol. The molecule has 3 aliphatic carbocycles. The highest BCUT2D eigenvalue weighted by molar-refractivity contribution is 5.68. The van der Waals surface area contributed by atoms with Crippen molar-refractivity contribution in [2.45, 2.75) is 121 Å². The van der Waals surface area contributed by atoms with Gasteiger partial charge in [-0.2, -0.15) is 0 Å². The molecule has 5 rings (SSSR count). The fourth-order valence-corrected chi connectivity index (χ4v) is 8.08. The standard InChI is InChI=1S/C36H43F7O/c1-2-3-4-5-22-6-8-23(9-7-22)24-10-12-25(13-11-24)28-18-30(37)34(31(38)19-28)27-16-14-26(15-17-27)29-20-32(39)35(33(40)21-29)44-36(41,42)43/h16,18-26H,2-15,17H2,1H3. The summed E-state index contributed by atoms with van der Waals surface area (Å²) in [4.78, 5) is 0. The molecule has 0 saturated heterocycles. The van der Waals surface area contributed by atoms with Crippen LogP contribution in [0.15, 0.2) is 30.3 Å². The van der Waals surface area contributed by atoms with Crippen molar-refractivity contribution in [3.63, 3.8) is 0 Å². The first-order valence-electron chi connectivity index (χ1n) is 16.4. The Morgan fingerprint density at radius 1 is 0.682 bits per heavy atom. The number of rotatable bonds is 9. The van der Waals surface area contributed by atoms with E-state index in [1.54, 1.807) is 6.08 Å². The lowest BCUT2D eigenvalue weighted by Crippen LogP contribution is -2.25. The van der Waals surface area contributed by atoms with E-state index in [0.717, 1.165) is 49.7 Å². The van der Waals surface area contributed by atoms with E-state index in [4.69, 9.17) is 0 Å². The Morgan fingerprint density at radius 2 is 1.23 bits per heavy atom. The van der Waals surface area contributed by atoms with Crippen LogP contribution in [0.3, 0.4) is 0 Å². The van der Waals surface area contributed by atoms with E-state index >= 15 is 8.78 Å². The molecule has 2 aromatic carbocycles. The summed E-state index contributed by atoms with van der Waals surface area (Å²) in [6, 6.07) is 4.61. The van der Waals surface area contributed by atoms with Crippen molar-refractivity contribution in [2.75, 3.05) is 0 Å². The first kappa shape index (κ1) is 32.9. The number of alkyl halides is 3. The molecule has 1 nitrogen and oxygen atoms in total. The largest absolute Gasteiger partial charge is 0.573 e. The highest BCUT2D eigenvalue weighted by atomic mass is 19.4. The molecule has 0 aromatic heterocycles. The van der Waals surface area contributed by atoms with Crippen molar-refractivity contribution in [1.82, 2.24) is 0 Å². The number of halogens is 7. The Kier molecular flexibility index (Phi) is 10.7. The predicted molar refractivity (Wildman–Crippen MR) is 158 cm³/mol. The van der Waals surface area contributed by atoms with Crippen LogP contribution in [0.1, 0.15) is 132 Å². The third kappa shape index (κ3) is 8.00. The van der Waals surface area contributed by atoms with Crippen LogP contribution in [0.4, 0.5) is 30.7 Å². The van der Waals surface area contributed by atoms with Gasteiger partial charge in [-0.15, -0.1) is 13.2 Å². The van der Waals surface area contributed by atoms with Gasteiger partial charge in [-0.25, -0.2) is 17.6 Å². The summed E-state index contributed by atoms with van der Waals surface area (Å²) in [5.41, 5.74) is 1.32. The van der Waals surface area contributed by atoms with Crippen LogP contribution in [-0.2, 0) is 0 Å². The Bertz CT molecular complexity index is 1250. The summed E-state index contributed by atoms with van der Waals surface area (Å²) < 4.78 is 100. The summed E-state index contributed by atoms with van der Waals surface area (Å²) in [6.07, 6.45) is 12.1. The second kappa shape index (κ2) is 14.3. The minimum Gasteiger partial charge on any atom is -0.399 e.